The maximum absolute atomic E-state index is 13.4. The summed E-state index contributed by atoms with van der Waals surface area (Å²) in [6.07, 6.45) is -1.46. The van der Waals surface area contributed by atoms with Crippen molar-refractivity contribution in [3.8, 4) is 0 Å². The van der Waals surface area contributed by atoms with Crippen molar-refractivity contribution in [1.29, 1.82) is 0 Å². The maximum atomic E-state index is 13.4. The third-order valence-corrected chi connectivity index (χ3v) is 18.9. The number of ether oxygens (including phenoxy) is 1. The molecule has 0 aromatic carbocycles. The normalized spacial score (nSPS) is 27.3. The fourth-order valence-corrected chi connectivity index (χ4v) is 7.91. The van der Waals surface area contributed by atoms with Gasteiger partial charge in [0.25, 0.3) is 10.1 Å². The Morgan fingerprint density at radius 3 is 2.10 bits per heavy atom. The first-order valence-electron chi connectivity index (χ1n) is 13.5. The van der Waals surface area contributed by atoms with E-state index in [2.05, 4.69) is 59.6 Å². The highest BCUT2D eigenvalue weighted by Crippen LogP contribution is 2.52. The average molecular weight is 617 g/mol. The number of nitrogens with two attached hydrogens (primary N) is 1. The summed E-state index contributed by atoms with van der Waals surface area (Å²) < 4.78 is 53.0. The van der Waals surface area contributed by atoms with Crippen LogP contribution in [-0.2, 0) is 27.9 Å². The Hall–Kier alpha value is -1.56. The lowest BCUT2D eigenvalue weighted by molar-refractivity contribution is -0.0562. The van der Waals surface area contributed by atoms with Gasteiger partial charge in [-0.1, -0.05) is 41.5 Å². The summed E-state index contributed by atoms with van der Waals surface area (Å²) in [4.78, 5) is 19.5. The Kier molecular flexibility index (Phi) is 8.50. The molecule has 14 heteroatoms. The molecule has 228 valence electrons. The highest BCUT2D eigenvalue weighted by Gasteiger charge is 2.67. The smallest absolute Gasteiger partial charge is 0.351 e. The summed E-state index contributed by atoms with van der Waals surface area (Å²) in [6.45, 7) is 22.7. The Bertz CT molecular complexity index is 1330. The van der Waals surface area contributed by atoms with Gasteiger partial charge >= 0.3 is 5.69 Å². The molecular weight excluding hydrogens is 569 g/mol. The topological polar surface area (TPSA) is 135 Å². The van der Waals surface area contributed by atoms with Gasteiger partial charge in [-0.2, -0.15) is 13.4 Å². The maximum Gasteiger partial charge on any atom is 0.351 e. The fourth-order valence-electron chi connectivity index (χ4n) is 4.41. The summed E-state index contributed by atoms with van der Waals surface area (Å²) in [7, 11) is -5.45. The van der Waals surface area contributed by atoms with Crippen molar-refractivity contribution in [2.45, 2.75) is 109 Å². The van der Waals surface area contributed by atoms with Gasteiger partial charge in [0, 0.05) is 25.9 Å². The third-order valence-electron chi connectivity index (χ3n) is 8.88. The molecular formula is C26H48N4O7SSi2. The minimum Gasteiger partial charge on any atom is -0.414 e. The minimum absolute atomic E-state index is 0.00531. The number of anilines is 1. The van der Waals surface area contributed by atoms with Gasteiger partial charge < -0.3 is 24.2 Å². The van der Waals surface area contributed by atoms with E-state index >= 15 is 0 Å². The SMILES string of the molecule is Cc1cn(C2OC(CO[Si](C)(C)C(C)(C)C)C3(OS(=O)(=O)C=C3N)C2O[Si](C)(C)C(C)(C)C)c(=O)nc1N(C)C. The summed E-state index contributed by atoms with van der Waals surface area (Å²) in [5.74, 6) is 0.521. The number of aromatic nitrogens is 2. The third kappa shape index (κ3) is 5.85. The van der Waals surface area contributed by atoms with E-state index in [-0.39, 0.29) is 22.4 Å². The molecule has 0 aliphatic carbocycles. The second-order valence-electron chi connectivity index (χ2n) is 14.2. The van der Waals surface area contributed by atoms with Crippen molar-refractivity contribution < 1.29 is 26.2 Å². The lowest BCUT2D eigenvalue weighted by Crippen LogP contribution is -2.59. The summed E-state index contributed by atoms with van der Waals surface area (Å²) in [5, 5.41) is 0.555. The molecule has 1 aromatic rings. The van der Waals surface area contributed by atoms with Crippen LogP contribution in [0.3, 0.4) is 0 Å². The van der Waals surface area contributed by atoms with Gasteiger partial charge in [-0.25, -0.2) is 8.98 Å². The molecule has 0 saturated carbocycles. The van der Waals surface area contributed by atoms with Gasteiger partial charge in [-0.3, -0.25) is 4.57 Å². The van der Waals surface area contributed by atoms with Crippen LogP contribution in [0.5, 0.6) is 0 Å². The molecule has 4 atom stereocenters. The molecule has 0 radical (unpaired) electrons. The van der Waals surface area contributed by atoms with Crippen LogP contribution in [0.2, 0.25) is 36.3 Å². The van der Waals surface area contributed by atoms with Gasteiger partial charge in [0.05, 0.1) is 17.7 Å². The molecule has 3 heterocycles. The zero-order chi connectivity index (χ0) is 30.9. The van der Waals surface area contributed by atoms with Gasteiger partial charge in [0.2, 0.25) is 0 Å². The highest BCUT2D eigenvalue weighted by atomic mass is 32.2. The minimum atomic E-state index is -4.15. The summed E-state index contributed by atoms with van der Waals surface area (Å²) in [5.41, 5.74) is 4.92. The van der Waals surface area contributed by atoms with Crippen LogP contribution in [0.4, 0.5) is 5.82 Å². The van der Waals surface area contributed by atoms with Crippen LogP contribution in [0.25, 0.3) is 0 Å². The molecule has 1 saturated heterocycles. The molecule has 3 rings (SSSR count). The van der Waals surface area contributed by atoms with E-state index in [1.165, 1.54) is 4.57 Å². The zero-order valence-electron chi connectivity index (χ0n) is 26.3. The molecule has 40 heavy (non-hydrogen) atoms. The molecule has 2 aliphatic heterocycles. The Morgan fingerprint density at radius 1 is 1.10 bits per heavy atom. The number of aryl methyl sites for hydroxylation is 1. The molecule has 1 fully saturated rings. The monoisotopic (exact) mass is 616 g/mol. The fraction of sp³-hybridized carbons (Fsp3) is 0.769. The second kappa shape index (κ2) is 10.3. The van der Waals surface area contributed by atoms with Crippen LogP contribution >= 0.6 is 0 Å². The molecule has 1 spiro atoms. The van der Waals surface area contributed by atoms with E-state index in [0.29, 0.717) is 5.82 Å². The van der Waals surface area contributed by atoms with Crippen LogP contribution < -0.4 is 16.3 Å². The first-order valence-corrected chi connectivity index (χ1v) is 20.8. The average Bonchev–Trinajstić information content (AvgIpc) is 3.18. The van der Waals surface area contributed by atoms with Gasteiger partial charge in [0.1, 0.15) is 18.0 Å². The summed E-state index contributed by atoms with van der Waals surface area (Å²) in [6, 6.07) is 0. The van der Waals surface area contributed by atoms with Crippen molar-refractivity contribution in [3.05, 3.63) is 33.3 Å². The van der Waals surface area contributed by atoms with Crippen LogP contribution in [0.15, 0.2) is 22.1 Å². The Labute approximate surface area is 241 Å². The molecule has 4 unspecified atom stereocenters. The number of hydrogen-bond donors (Lipinski definition) is 1. The first kappa shape index (κ1) is 33.0. The van der Waals surface area contributed by atoms with Crippen LogP contribution in [0.1, 0.15) is 53.3 Å². The lowest BCUT2D eigenvalue weighted by Gasteiger charge is -2.43. The molecule has 2 N–H and O–H groups in total. The number of nitrogens with zero attached hydrogens (tertiary/aromatic N) is 3. The first-order chi connectivity index (χ1) is 17.9. The zero-order valence-corrected chi connectivity index (χ0v) is 29.1. The molecule has 1 aromatic heterocycles. The van der Waals surface area contributed by atoms with Gasteiger partial charge in [0.15, 0.2) is 28.5 Å². The predicted octanol–water partition coefficient (Wildman–Crippen LogP) is 3.83. The van der Waals surface area contributed by atoms with Crippen molar-refractivity contribution >= 4 is 32.6 Å². The van der Waals surface area contributed by atoms with Crippen LogP contribution in [-0.4, -0.2) is 73.1 Å². The van der Waals surface area contributed by atoms with Crippen molar-refractivity contribution in [2.24, 2.45) is 5.73 Å². The molecule has 0 amide bonds. The Morgan fingerprint density at radius 2 is 1.65 bits per heavy atom. The number of hydrogen-bond acceptors (Lipinski definition) is 10. The molecule has 11 nitrogen and oxygen atoms in total. The number of rotatable bonds is 7. The predicted molar refractivity (Wildman–Crippen MR) is 162 cm³/mol. The largest absolute Gasteiger partial charge is 0.414 e. The summed E-state index contributed by atoms with van der Waals surface area (Å²) >= 11 is 0. The van der Waals surface area contributed by atoms with Gasteiger partial charge in [-0.15, -0.1) is 0 Å². The van der Waals surface area contributed by atoms with E-state index in [4.69, 9.17) is 23.5 Å². The van der Waals surface area contributed by atoms with E-state index in [1.807, 2.05) is 20.0 Å². The second-order valence-corrected chi connectivity index (χ2v) is 25.1. The molecule has 0 bridgehead atoms. The van der Waals surface area contributed by atoms with E-state index in [1.54, 1.807) is 25.2 Å². The Balaban J connectivity index is 2.25. The van der Waals surface area contributed by atoms with Gasteiger partial charge in [-0.05, 0) is 43.2 Å². The van der Waals surface area contributed by atoms with Crippen molar-refractivity contribution in [3.63, 3.8) is 0 Å². The quantitative estimate of drug-likeness (QED) is 0.356. The van der Waals surface area contributed by atoms with Crippen molar-refractivity contribution in [1.82, 2.24) is 9.55 Å². The van der Waals surface area contributed by atoms with E-state index in [0.717, 1.165) is 11.0 Å². The van der Waals surface area contributed by atoms with E-state index in [9.17, 15) is 13.2 Å². The van der Waals surface area contributed by atoms with Crippen LogP contribution in [0, 0.1) is 6.92 Å². The molecule has 2 aliphatic rings. The standard InChI is InChI=1S/C26H48N4O7SSi2/c1-17-14-30(23(31)28-21(17)29(8)9)22-20(36-40(12,13)25(5,6)7)26(18(27)16-38(32,33)37-26)19(35-22)15-34-39(10,11)24(2,3)4/h14,16,19-20,22H,15,27H2,1-13H3. The van der Waals surface area contributed by atoms with Crippen molar-refractivity contribution in [2.75, 3.05) is 25.6 Å². The van der Waals surface area contributed by atoms with E-state index < -0.39 is 56.5 Å². The lowest BCUT2D eigenvalue weighted by atomic mass is 9.89. The highest BCUT2D eigenvalue weighted by molar-refractivity contribution is 7.90.